The van der Waals surface area contributed by atoms with E-state index in [1.165, 1.54) is 4.90 Å². The van der Waals surface area contributed by atoms with Gasteiger partial charge in [0.25, 0.3) is 5.91 Å². The molecule has 0 aromatic heterocycles. The Morgan fingerprint density at radius 1 is 1.17 bits per heavy atom. The fraction of sp³-hybridized carbons (Fsp3) is 0.391. The lowest BCUT2D eigenvalue weighted by Gasteiger charge is -2.39. The van der Waals surface area contributed by atoms with E-state index in [0.29, 0.717) is 36.7 Å². The van der Waals surface area contributed by atoms with Crippen LogP contribution in [0.15, 0.2) is 48.5 Å². The fourth-order valence-electron chi connectivity index (χ4n) is 3.28. The summed E-state index contributed by atoms with van der Waals surface area (Å²) in [7, 11) is 3.27. The monoisotopic (exact) mass is 412 g/mol. The van der Waals surface area contributed by atoms with E-state index in [4.69, 9.17) is 14.2 Å². The molecule has 0 N–H and O–H groups in total. The van der Waals surface area contributed by atoms with Crippen molar-refractivity contribution in [3.8, 4) is 5.75 Å². The molecule has 1 aliphatic heterocycles. The van der Waals surface area contributed by atoms with E-state index in [0.717, 1.165) is 5.56 Å². The first-order valence-corrected chi connectivity index (χ1v) is 9.92. The summed E-state index contributed by atoms with van der Waals surface area (Å²) >= 11 is 0. The molecule has 0 saturated carbocycles. The molecule has 0 spiro atoms. The minimum atomic E-state index is -0.956. The average molecular weight is 412 g/mol. The summed E-state index contributed by atoms with van der Waals surface area (Å²) in [6.45, 7) is 4.74. The van der Waals surface area contributed by atoms with E-state index in [-0.39, 0.29) is 12.5 Å². The summed E-state index contributed by atoms with van der Waals surface area (Å²) in [6, 6.07) is 14.8. The molecule has 0 aliphatic carbocycles. The molecule has 0 fully saturated rings. The predicted octanol–water partition coefficient (Wildman–Crippen LogP) is 4.00. The Morgan fingerprint density at radius 2 is 1.90 bits per heavy atom. The summed E-state index contributed by atoms with van der Waals surface area (Å²) in [5, 5.41) is 0. The Morgan fingerprint density at radius 3 is 2.60 bits per heavy atom. The summed E-state index contributed by atoms with van der Waals surface area (Å²) in [6.07, 6.45) is 0.213. The Balaban J connectivity index is 1.78. The highest BCUT2D eigenvalue weighted by Crippen LogP contribution is 2.40. The number of hydrogen-bond acceptors (Lipinski definition) is 5. The number of nitrogens with zero attached hydrogens (tertiary/aromatic N) is 2. The van der Waals surface area contributed by atoms with Crippen molar-refractivity contribution in [2.24, 2.45) is 0 Å². The van der Waals surface area contributed by atoms with Gasteiger partial charge in [0.2, 0.25) is 0 Å². The lowest BCUT2D eigenvalue weighted by molar-refractivity contribution is -0.132. The second-order valence-corrected chi connectivity index (χ2v) is 7.67. The van der Waals surface area contributed by atoms with Crippen LogP contribution in [-0.4, -0.2) is 44.9 Å². The number of ether oxygens (including phenoxy) is 3. The largest absolute Gasteiger partial charge is 0.476 e. The maximum Gasteiger partial charge on any atom is 0.414 e. The number of benzene rings is 2. The molecule has 1 aliphatic rings. The van der Waals surface area contributed by atoms with E-state index in [9.17, 15) is 9.59 Å². The van der Waals surface area contributed by atoms with Crippen LogP contribution in [0.5, 0.6) is 5.75 Å². The lowest BCUT2D eigenvalue weighted by Crippen LogP contribution is -2.53. The molecule has 2 aromatic rings. The Labute approximate surface area is 177 Å². The van der Waals surface area contributed by atoms with Crippen molar-refractivity contribution in [2.75, 3.05) is 37.1 Å². The van der Waals surface area contributed by atoms with E-state index < -0.39 is 11.7 Å². The van der Waals surface area contributed by atoms with Gasteiger partial charge in [-0.1, -0.05) is 30.3 Å². The quantitative estimate of drug-likeness (QED) is 0.643. The van der Waals surface area contributed by atoms with Gasteiger partial charge in [-0.25, -0.2) is 4.79 Å². The molecule has 0 saturated heterocycles. The van der Waals surface area contributed by atoms with Crippen molar-refractivity contribution in [3.63, 3.8) is 0 Å². The van der Waals surface area contributed by atoms with Crippen molar-refractivity contribution in [1.29, 1.82) is 0 Å². The van der Waals surface area contributed by atoms with E-state index in [2.05, 4.69) is 0 Å². The van der Waals surface area contributed by atoms with Gasteiger partial charge >= 0.3 is 6.09 Å². The van der Waals surface area contributed by atoms with Gasteiger partial charge in [0.15, 0.2) is 5.60 Å². The van der Waals surface area contributed by atoms with Crippen LogP contribution < -0.4 is 14.5 Å². The first-order valence-electron chi connectivity index (χ1n) is 9.92. The molecule has 3 rings (SSSR count). The van der Waals surface area contributed by atoms with Gasteiger partial charge in [-0.3, -0.25) is 9.69 Å². The number of rotatable bonds is 7. The highest BCUT2D eigenvalue weighted by atomic mass is 16.6. The molecule has 30 heavy (non-hydrogen) atoms. The van der Waals surface area contributed by atoms with E-state index in [1.54, 1.807) is 51.1 Å². The van der Waals surface area contributed by atoms with E-state index >= 15 is 0 Å². The van der Waals surface area contributed by atoms with Gasteiger partial charge in [0, 0.05) is 33.0 Å². The molecule has 0 unspecified atom stereocenters. The van der Waals surface area contributed by atoms with Crippen LogP contribution in [0.2, 0.25) is 0 Å². The van der Waals surface area contributed by atoms with Crippen LogP contribution in [0, 0.1) is 0 Å². The highest BCUT2D eigenvalue weighted by molar-refractivity contribution is 6.03. The molecule has 0 bridgehead atoms. The zero-order valence-electron chi connectivity index (χ0n) is 17.9. The summed E-state index contributed by atoms with van der Waals surface area (Å²) in [5.74, 6) is 0.476. The number of anilines is 2. The van der Waals surface area contributed by atoms with Gasteiger partial charge in [-0.15, -0.1) is 0 Å². The Bertz CT molecular complexity index is 898. The maximum absolute atomic E-state index is 12.9. The van der Waals surface area contributed by atoms with Crippen molar-refractivity contribution in [1.82, 2.24) is 0 Å². The summed E-state index contributed by atoms with van der Waals surface area (Å²) < 4.78 is 16.4. The SMILES string of the molecule is COCCCN1C(=O)C(C)(C)Oc2ccc(N(C)C(=O)OCc3ccccc3)cc21. The second kappa shape index (κ2) is 9.17. The third-order valence-corrected chi connectivity index (χ3v) is 4.96. The molecule has 160 valence electrons. The number of carbonyl (C=O) groups is 2. The Hall–Kier alpha value is -3.06. The predicted molar refractivity (Wildman–Crippen MR) is 115 cm³/mol. The number of carbonyl (C=O) groups excluding carboxylic acids is 2. The van der Waals surface area contributed by atoms with Crippen LogP contribution in [0.1, 0.15) is 25.8 Å². The minimum Gasteiger partial charge on any atom is -0.476 e. The van der Waals surface area contributed by atoms with Gasteiger partial charge < -0.3 is 19.1 Å². The van der Waals surface area contributed by atoms with Crippen LogP contribution >= 0.6 is 0 Å². The van der Waals surface area contributed by atoms with Crippen molar-refractivity contribution in [2.45, 2.75) is 32.5 Å². The van der Waals surface area contributed by atoms with Crippen molar-refractivity contribution < 1.29 is 23.8 Å². The van der Waals surface area contributed by atoms with E-state index in [1.807, 2.05) is 30.3 Å². The summed E-state index contributed by atoms with van der Waals surface area (Å²) in [4.78, 5) is 28.6. The number of hydrogen-bond donors (Lipinski definition) is 0. The lowest BCUT2D eigenvalue weighted by atomic mass is 10.0. The molecule has 1 heterocycles. The number of amides is 2. The molecule has 2 aromatic carbocycles. The average Bonchev–Trinajstić information content (AvgIpc) is 2.74. The maximum atomic E-state index is 12.9. The van der Waals surface area contributed by atoms with Gasteiger partial charge in [0.1, 0.15) is 12.4 Å². The van der Waals surface area contributed by atoms with Crippen molar-refractivity contribution in [3.05, 3.63) is 54.1 Å². The molecule has 7 nitrogen and oxygen atoms in total. The standard InChI is InChI=1S/C23H28N2O5/c1-23(2)21(26)25(13-8-14-28-4)19-15-18(11-12-20(19)30-23)24(3)22(27)29-16-17-9-6-5-7-10-17/h5-7,9-12,15H,8,13-14,16H2,1-4H3. The normalized spacial score (nSPS) is 14.7. The van der Waals surface area contributed by atoms with Gasteiger partial charge in [0.05, 0.1) is 5.69 Å². The zero-order valence-corrected chi connectivity index (χ0v) is 17.9. The molecule has 7 heteroatoms. The summed E-state index contributed by atoms with van der Waals surface area (Å²) in [5.41, 5.74) is 1.20. The molecule has 2 amide bonds. The van der Waals surface area contributed by atoms with Gasteiger partial charge in [-0.05, 0) is 44.0 Å². The first-order chi connectivity index (χ1) is 14.3. The number of fused-ring (bicyclic) bond motifs is 1. The first kappa shape index (κ1) is 21.6. The van der Waals surface area contributed by atoms with Gasteiger partial charge in [-0.2, -0.15) is 0 Å². The second-order valence-electron chi connectivity index (χ2n) is 7.67. The third-order valence-electron chi connectivity index (χ3n) is 4.96. The van der Waals surface area contributed by atoms with Crippen LogP contribution in [-0.2, 0) is 20.9 Å². The molecule has 0 atom stereocenters. The third kappa shape index (κ3) is 4.74. The number of methoxy groups -OCH3 is 1. The molecule has 0 radical (unpaired) electrons. The minimum absolute atomic E-state index is 0.127. The Kier molecular flexibility index (Phi) is 6.62. The van der Waals surface area contributed by atoms with Crippen LogP contribution in [0.4, 0.5) is 16.2 Å². The highest BCUT2D eigenvalue weighted by Gasteiger charge is 2.40. The molecular formula is C23H28N2O5. The fourth-order valence-corrected chi connectivity index (χ4v) is 3.28. The van der Waals surface area contributed by atoms with Crippen LogP contribution in [0.3, 0.4) is 0 Å². The van der Waals surface area contributed by atoms with Crippen molar-refractivity contribution >= 4 is 23.4 Å². The topological polar surface area (TPSA) is 68.3 Å². The zero-order chi connectivity index (χ0) is 21.7. The molecular weight excluding hydrogens is 384 g/mol. The smallest absolute Gasteiger partial charge is 0.414 e. The van der Waals surface area contributed by atoms with Crippen LogP contribution in [0.25, 0.3) is 0 Å².